The van der Waals surface area contributed by atoms with E-state index in [9.17, 15) is 14.4 Å². The molecule has 0 spiro atoms. The van der Waals surface area contributed by atoms with Crippen LogP contribution in [0, 0.1) is 0 Å². The summed E-state index contributed by atoms with van der Waals surface area (Å²) in [5, 5.41) is 2.78. The summed E-state index contributed by atoms with van der Waals surface area (Å²) in [5.74, 6) is -0.467. The van der Waals surface area contributed by atoms with E-state index in [0.717, 1.165) is 12.8 Å². The number of nitrogens with one attached hydrogen (secondary N) is 1. The molecule has 1 aliphatic rings. The molecule has 1 aliphatic carbocycles. The number of esters is 1. The second-order valence-corrected chi connectivity index (χ2v) is 5.69. The Kier molecular flexibility index (Phi) is 6.62. The molecule has 0 bridgehead atoms. The van der Waals surface area contributed by atoms with Crippen molar-refractivity contribution in [3.63, 3.8) is 0 Å². The molecule has 2 amide bonds. The zero-order chi connectivity index (χ0) is 18.2. The lowest BCUT2D eigenvalue weighted by Gasteiger charge is -2.16. The maximum absolute atomic E-state index is 11.9. The highest BCUT2D eigenvalue weighted by Crippen LogP contribution is 2.25. The van der Waals surface area contributed by atoms with Crippen molar-refractivity contribution in [3.05, 3.63) is 24.3 Å². The monoisotopic (exact) mass is 350 g/mol. The van der Waals surface area contributed by atoms with Crippen LogP contribution < -0.4 is 14.8 Å². The molecular formula is C17H22N2O6. The number of hydrogen-bond donors (Lipinski definition) is 1. The van der Waals surface area contributed by atoms with Gasteiger partial charge in [0.25, 0.3) is 5.91 Å². The second-order valence-electron chi connectivity index (χ2n) is 5.69. The topological polar surface area (TPSA) is 94.2 Å². The number of nitrogens with zero attached hydrogens (tertiary/aromatic N) is 1. The number of rotatable bonds is 9. The van der Waals surface area contributed by atoms with Crippen LogP contribution in [0.25, 0.3) is 0 Å². The van der Waals surface area contributed by atoms with Gasteiger partial charge in [0.05, 0.1) is 13.7 Å². The molecule has 0 radical (unpaired) electrons. The molecule has 1 aromatic rings. The SMILES string of the molecule is COc1ccccc1OCC(=O)OCC(=O)N(C)CC(=O)NC1CC1. The summed E-state index contributed by atoms with van der Waals surface area (Å²) in [6.07, 6.45) is 1.96. The van der Waals surface area contributed by atoms with Gasteiger partial charge in [0.2, 0.25) is 5.91 Å². The molecule has 1 saturated carbocycles. The molecule has 0 aliphatic heterocycles. The highest BCUT2D eigenvalue weighted by molar-refractivity contribution is 5.86. The van der Waals surface area contributed by atoms with E-state index in [2.05, 4.69) is 5.32 Å². The first-order valence-electron chi connectivity index (χ1n) is 7.94. The Hall–Kier alpha value is -2.77. The van der Waals surface area contributed by atoms with Crippen molar-refractivity contribution in [1.29, 1.82) is 0 Å². The minimum Gasteiger partial charge on any atom is -0.493 e. The number of benzene rings is 1. The Bertz CT molecular complexity index is 629. The minimum absolute atomic E-state index is 0.0649. The largest absolute Gasteiger partial charge is 0.493 e. The lowest BCUT2D eigenvalue weighted by atomic mass is 10.3. The van der Waals surface area contributed by atoms with Gasteiger partial charge in [-0.25, -0.2) is 4.79 Å². The predicted octanol–water partition coefficient (Wildman–Crippen LogP) is 0.354. The molecule has 0 atom stereocenters. The van der Waals surface area contributed by atoms with Gasteiger partial charge in [0.15, 0.2) is 24.7 Å². The third-order valence-corrected chi connectivity index (χ3v) is 3.52. The number of hydrogen-bond acceptors (Lipinski definition) is 6. The molecular weight excluding hydrogens is 328 g/mol. The summed E-state index contributed by atoms with van der Waals surface area (Å²) in [5.41, 5.74) is 0. The van der Waals surface area contributed by atoms with Crippen molar-refractivity contribution in [2.24, 2.45) is 0 Å². The maximum Gasteiger partial charge on any atom is 0.344 e. The van der Waals surface area contributed by atoms with Crippen LogP contribution in [-0.4, -0.2) is 62.6 Å². The van der Waals surface area contributed by atoms with Crippen LogP contribution in [0.1, 0.15) is 12.8 Å². The molecule has 2 rings (SSSR count). The molecule has 0 unspecified atom stereocenters. The normalized spacial score (nSPS) is 12.9. The van der Waals surface area contributed by atoms with E-state index < -0.39 is 18.5 Å². The minimum atomic E-state index is -0.685. The Morgan fingerprint density at radius 2 is 1.84 bits per heavy atom. The first-order chi connectivity index (χ1) is 12.0. The molecule has 8 nitrogen and oxygen atoms in total. The van der Waals surface area contributed by atoms with Crippen molar-refractivity contribution in [2.75, 3.05) is 33.9 Å². The zero-order valence-corrected chi connectivity index (χ0v) is 14.3. The summed E-state index contributed by atoms with van der Waals surface area (Å²) in [6.45, 7) is -0.856. The first-order valence-corrected chi connectivity index (χ1v) is 7.94. The van der Waals surface area contributed by atoms with Gasteiger partial charge < -0.3 is 24.4 Å². The van der Waals surface area contributed by atoms with Crippen LogP contribution in [-0.2, 0) is 19.1 Å². The number of amides is 2. The zero-order valence-electron chi connectivity index (χ0n) is 14.3. The Morgan fingerprint density at radius 3 is 2.48 bits per heavy atom. The molecule has 8 heteroatoms. The van der Waals surface area contributed by atoms with Crippen molar-refractivity contribution < 1.29 is 28.6 Å². The van der Waals surface area contributed by atoms with Crippen molar-refractivity contribution in [1.82, 2.24) is 10.2 Å². The summed E-state index contributed by atoms with van der Waals surface area (Å²) in [4.78, 5) is 36.4. The number of methoxy groups -OCH3 is 1. The standard InChI is InChI=1S/C17H22N2O6/c1-19(9-15(20)18-12-7-8-12)16(21)10-25-17(22)11-24-14-6-4-3-5-13(14)23-2/h3-6,12H,7-11H2,1-2H3,(H,18,20). The van der Waals surface area contributed by atoms with E-state index in [0.29, 0.717) is 11.5 Å². The van der Waals surface area contributed by atoms with E-state index in [1.807, 2.05) is 0 Å². The highest BCUT2D eigenvalue weighted by atomic mass is 16.6. The van der Waals surface area contributed by atoms with Gasteiger partial charge >= 0.3 is 5.97 Å². The fraction of sp³-hybridized carbons (Fsp3) is 0.471. The number of ether oxygens (including phenoxy) is 3. The molecule has 0 heterocycles. The summed E-state index contributed by atoms with van der Waals surface area (Å²) in [7, 11) is 2.97. The summed E-state index contributed by atoms with van der Waals surface area (Å²) < 4.78 is 15.3. The third kappa shape index (κ3) is 6.33. The number of para-hydroxylation sites is 2. The fourth-order valence-corrected chi connectivity index (χ4v) is 1.97. The van der Waals surface area contributed by atoms with Gasteiger partial charge in [-0.1, -0.05) is 12.1 Å². The Balaban J connectivity index is 1.67. The lowest BCUT2D eigenvalue weighted by molar-refractivity contribution is -0.153. The van der Waals surface area contributed by atoms with E-state index in [-0.39, 0.29) is 25.1 Å². The van der Waals surface area contributed by atoms with Gasteiger partial charge in [0.1, 0.15) is 0 Å². The molecule has 0 aromatic heterocycles. The summed E-state index contributed by atoms with van der Waals surface area (Å²) in [6, 6.07) is 7.11. The Morgan fingerprint density at radius 1 is 1.16 bits per heavy atom. The fourth-order valence-electron chi connectivity index (χ4n) is 1.97. The Labute approximate surface area is 146 Å². The van der Waals surface area contributed by atoms with Gasteiger partial charge in [0, 0.05) is 13.1 Å². The first kappa shape index (κ1) is 18.6. The van der Waals surface area contributed by atoms with E-state index in [1.165, 1.54) is 19.1 Å². The van der Waals surface area contributed by atoms with Crippen LogP contribution in [0.3, 0.4) is 0 Å². The molecule has 25 heavy (non-hydrogen) atoms. The van der Waals surface area contributed by atoms with Crippen molar-refractivity contribution in [3.8, 4) is 11.5 Å². The van der Waals surface area contributed by atoms with Crippen molar-refractivity contribution in [2.45, 2.75) is 18.9 Å². The van der Waals surface area contributed by atoms with Gasteiger partial charge in [-0.05, 0) is 25.0 Å². The smallest absolute Gasteiger partial charge is 0.344 e. The predicted molar refractivity (Wildman–Crippen MR) is 88.2 cm³/mol. The average Bonchev–Trinajstić information content (AvgIpc) is 3.41. The highest BCUT2D eigenvalue weighted by Gasteiger charge is 2.24. The van der Waals surface area contributed by atoms with Crippen LogP contribution in [0.5, 0.6) is 11.5 Å². The van der Waals surface area contributed by atoms with Gasteiger partial charge in [-0.3, -0.25) is 9.59 Å². The number of likely N-dealkylation sites (N-methyl/N-ethyl adjacent to an activating group) is 1. The molecule has 1 fully saturated rings. The van der Waals surface area contributed by atoms with E-state index in [1.54, 1.807) is 24.3 Å². The van der Waals surface area contributed by atoms with E-state index >= 15 is 0 Å². The van der Waals surface area contributed by atoms with E-state index in [4.69, 9.17) is 14.2 Å². The second kappa shape index (κ2) is 8.91. The van der Waals surface area contributed by atoms with Crippen LogP contribution in [0.15, 0.2) is 24.3 Å². The van der Waals surface area contributed by atoms with Gasteiger partial charge in [-0.15, -0.1) is 0 Å². The molecule has 136 valence electrons. The van der Waals surface area contributed by atoms with Crippen LogP contribution in [0.2, 0.25) is 0 Å². The molecule has 1 N–H and O–H groups in total. The van der Waals surface area contributed by atoms with Gasteiger partial charge in [-0.2, -0.15) is 0 Å². The maximum atomic E-state index is 11.9. The van der Waals surface area contributed by atoms with Crippen molar-refractivity contribution >= 4 is 17.8 Å². The quantitative estimate of drug-likeness (QED) is 0.646. The third-order valence-electron chi connectivity index (χ3n) is 3.52. The molecule has 0 saturated heterocycles. The number of carbonyl (C=O) groups excluding carboxylic acids is 3. The van der Waals surface area contributed by atoms with Crippen LogP contribution in [0.4, 0.5) is 0 Å². The summed E-state index contributed by atoms with van der Waals surface area (Å²) >= 11 is 0. The van der Waals surface area contributed by atoms with Crippen LogP contribution >= 0.6 is 0 Å². The molecule has 1 aromatic carbocycles. The lowest BCUT2D eigenvalue weighted by Crippen LogP contribution is -2.40. The number of carbonyl (C=O) groups is 3. The average molecular weight is 350 g/mol.